The van der Waals surface area contributed by atoms with E-state index in [4.69, 9.17) is 4.74 Å². The van der Waals surface area contributed by atoms with Crippen LogP contribution in [0.4, 0.5) is 0 Å². The van der Waals surface area contributed by atoms with E-state index in [0.29, 0.717) is 0 Å². The van der Waals surface area contributed by atoms with Crippen molar-refractivity contribution in [2.24, 2.45) is 5.41 Å². The maximum absolute atomic E-state index is 12.6. The van der Waals surface area contributed by atoms with Crippen molar-refractivity contribution in [2.45, 2.75) is 46.3 Å². The van der Waals surface area contributed by atoms with Gasteiger partial charge in [-0.2, -0.15) is 0 Å². The number of amides is 1. The summed E-state index contributed by atoms with van der Waals surface area (Å²) >= 11 is 0. The Kier molecular flexibility index (Phi) is 4.57. The Balaban J connectivity index is 2.27. The van der Waals surface area contributed by atoms with Gasteiger partial charge in [0.25, 0.3) is 0 Å². The normalized spacial score (nSPS) is 22.7. The summed E-state index contributed by atoms with van der Waals surface area (Å²) in [4.78, 5) is 14.5. The zero-order chi connectivity index (χ0) is 15.6. The highest BCUT2D eigenvalue weighted by molar-refractivity contribution is 5.84. The lowest BCUT2D eigenvalue weighted by molar-refractivity contribution is -0.131. The van der Waals surface area contributed by atoms with Crippen LogP contribution in [0.15, 0.2) is 24.3 Å². The topological polar surface area (TPSA) is 41.6 Å². The van der Waals surface area contributed by atoms with E-state index in [0.717, 1.165) is 24.3 Å². The Labute approximate surface area is 127 Å². The molecule has 116 valence electrons. The van der Waals surface area contributed by atoms with Crippen LogP contribution in [0.2, 0.25) is 0 Å². The van der Waals surface area contributed by atoms with Crippen LogP contribution in [0, 0.1) is 5.41 Å². The summed E-state index contributed by atoms with van der Waals surface area (Å²) in [5.74, 6) is 1.03. The smallest absolute Gasteiger partial charge is 0.241 e. The quantitative estimate of drug-likeness (QED) is 0.927. The molecule has 1 aromatic rings. The van der Waals surface area contributed by atoms with Gasteiger partial charge in [0.05, 0.1) is 13.2 Å². The van der Waals surface area contributed by atoms with E-state index in [1.807, 2.05) is 36.1 Å². The fourth-order valence-corrected chi connectivity index (χ4v) is 2.71. The monoisotopic (exact) mass is 290 g/mol. The zero-order valence-corrected chi connectivity index (χ0v) is 13.6. The Morgan fingerprint density at radius 3 is 2.33 bits per heavy atom. The van der Waals surface area contributed by atoms with E-state index in [1.54, 1.807) is 7.11 Å². The molecule has 1 N–H and O–H groups in total. The van der Waals surface area contributed by atoms with Crippen LogP contribution >= 0.6 is 0 Å². The third-order valence-electron chi connectivity index (χ3n) is 3.74. The average molecular weight is 290 g/mol. The van der Waals surface area contributed by atoms with Gasteiger partial charge in [0.15, 0.2) is 0 Å². The standard InChI is InChI=1S/C17H26N2O2/c1-6-14-16(20)19(11-17(2,3)4)15(18-14)12-7-9-13(21-5)10-8-12/h7-10,14-15,18H,6,11H2,1-5H3. The number of nitrogens with one attached hydrogen (secondary N) is 1. The minimum absolute atomic E-state index is 0.0485. The highest BCUT2D eigenvalue weighted by atomic mass is 16.5. The summed E-state index contributed by atoms with van der Waals surface area (Å²) in [6.45, 7) is 9.26. The summed E-state index contributed by atoms with van der Waals surface area (Å²) in [6, 6.07) is 7.85. The molecule has 1 heterocycles. The molecule has 2 unspecified atom stereocenters. The van der Waals surface area contributed by atoms with E-state index in [9.17, 15) is 4.79 Å². The highest BCUT2D eigenvalue weighted by Gasteiger charge is 2.40. The van der Waals surface area contributed by atoms with Gasteiger partial charge in [-0.1, -0.05) is 39.8 Å². The van der Waals surface area contributed by atoms with Crippen molar-refractivity contribution in [3.8, 4) is 5.75 Å². The molecular formula is C17H26N2O2. The number of ether oxygens (including phenoxy) is 1. The minimum Gasteiger partial charge on any atom is -0.497 e. The van der Waals surface area contributed by atoms with Gasteiger partial charge in [0.1, 0.15) is 11.9 Å². The Bertz CT molecular complexity index is 491. The fraction of sp³-hybridized carbons (Fsp3) is 0.588. The predicted octanol–water partition coefficient (Wildman–Crippen LogP) is 2.95. The largest absolute Gasteiger partial charge is 0.497 e. The molecule has 1 aromatic carbocycles. The second-order valence-corrected chi connectivity index (χ2v) is 6.83. The van der Waals surface area contributed by atoms with Crippen molar-refractivity contribution >= 4 is 5.91 Å². The van der Waals surface area contributed by atoms with Gasteiger partial charge in [-0.3, -0.25) is 10.1 Å². The summed E-state index contributed by atoms with van der Waals surface area (Å²) in [7, 11) is 1.66. The number of carbonyl (C=O) groups is 1. The lowest BCUT2D eigenvalue weighted by atomic mass is 9.95. The molecule has 0 radical (unpaired) electrons. The van der Waals surface area contributed by atoms with Gasteiger partial charge >= 0.3 is 0 Å². The SMILES string of the molecule is CCC1NC(c2ccc(OC)cc2)N(CC(C)(C)C)C1=O. The third-order valence-corrected chi connectivity index (χ3v) is 3.74. The maximum atomic E-state index is 12.6. The summed E-state index contributed by atoms with van der Waals surface area (Å²) in [5.41, 5.74) is 1.18. The van der Waals surface area contributed by atoms with Gasteiger partial charge < -0.3 is 9.64 Å². The first-order valence-corrected chi connectivity index (χ1v) is 7.56. The number of nitrogens with zero attached hydrogens (tertiary/aromatic N) is 1. The zero-order valence-electron chi connectivity index (χ0n) is 13.6. The maximum Gasteiger partial charge on any atom is 0.241 e. The molecule has 1 aliphatic rings. The van der Waals surface area contributed by atoms with Crippen molar-refractivity contribution in [1.29, 1.82) is 0 Å². The van der Waals surface area contributed by atoms with Crippen LogP contribution in [0.3, 0.4) is 0 Å². The van der Waals surface area contributed by atoms with Crippen molar-refractivity contribution in [3.63, 3.8) is 0 Å². The summed E-state index contributed by atoms with van der Waals surface area (Å²) in [5, 5.41) is 3.45. The van der Waals surface area contributed by atoms with E-state index in [-0.39, 0.29) is 23.5 Å². The van der Waals surface area contributed by atoms with Crippen LogP contribution < -0.4 is 10.1 Å². The molecule has 1 amide bonds. The predicted molar refractivity (Wildman–Crippen MR) is 84.1 cm³/mol. The van der Waals surface area contributed by atoms with Crippen molar-refractivity contribution < 1.29 is 9.53 Å². The molecule has 0 spiro atoms. The first-order chi connectivity index (χ1) is 9.85. The molecule has 2 atom stereocenters. The molecule has 2 rings (SSSR count). The molecule has 4 heteroatoms. The molecule has 21 heavy (non-hydrogen) atoms. The Morgan fingerprint density at radius 1 is 1.24 bits per heavy atom. The molecule has 1 fully saturated rings. The molecule has 0 aliphatic carbocycles. The van der Waals surface area contributed by atoms with Crippen molar-refractivity contribution in [3.05, 3.63) is 29.8 Å². The van der Waals surface area contributed by atoms with Crippen molar-refractivity contribution in [1.82, 2.24) is 10.2 Å². The molecule has 1 saturated heterocycles. The minimum atomic E-state index is -0.0838. The van der Waals surface area contributed by atoms with Crippen LogP contribution in [0.25, 0.3) is 0 Å². The van der Waals surface area contributed by atoms with Gasteiger partial charge in [0.2, 0.25) is 5.91 Å². The third kappa shape index (κ3) is 3.56. The van der Waals surface area contributed by atoms with E-state index in [1.165, 1.54) is 0 Å². The lowest BCUT2D eigenvalue weighted by Crippen LogP contribution is -2.37. The molecule has 4 nitrogen and oxygen atoms in total. The number of methoxy groups -OCH3 is 1. The highest BCUT2D eigenvalue weighted by Crippen LogP contribution is 2.30. The molecule has 0 saturated carbocycles. The number of carbonyl (C=O) groups excluding carboxylic acids is 1. The van der Waals surface area contributed by atoms with Crippen LogP contribution in [0.1, 0.15) is 45.8 Å². The first-order valence-electron chi connectivity index (χ1n) is 7.56. The number of benzene rings is 1. The van der Waals surface area contributed by atoms with Crippen LogP contribution in [0.5, 0.6) is 5.75 Å². The van der Waals surface area contributed by atoms with Gasteiger partial charge in [-0.25, -0.2) is 0 Å². The van der Waals surface area contributed by atoms with Crippen LogP contribution in [-0.4, -0.2) is 30.5 Å². The van der Waals surface area contributed by atoms with Crippen molar-refractivity contribution in [2.75, 3.05) is 13.7 Å². The number of rotatable bonds is 4. The lowest BCUT2D eigenvalue weighted by Gasteiger charge is -2.31. The summed E-state index contributed by atoms with van der Waals surface area (Å²) in [6.07, 6.45) is 0.763. The molecule has 0 aromatic heterocycles. The molecule has 0 bridgehead atoms. The van der Waals surface area contributed by atoms with E-state index in [2.05, 4.69) is 26.1 Å². The summed E-state index contributed by atoms with van der Waals surface area (Å²) < 4.78 is 5.20. The Hall–Kier alpha value is -1.55. The number of hydrogen-bond acceptors (Lipinski definition) is 3. The second-order valence-electron chi connectivity index (χ2n) is 6.83. The molecule has 1 aliphatic heterocycles. The van der Waals surface area contributed by atoms with E-state index < -0.39 is 0 Å². The molecular weight excluding hydrogens is 264 g/mol. The van der Waals surface area contributed by atoms with E-state index >= 15 is 0 Å². The fourth-order valence-electron chi connectivity index (χ4n) is 2.71. The Morgan fingerprint density at radius 2 is 1.86 bits per heavy atom. The van der Waals surface area contributed by atoms with Gasteiger partial charge in [-0.05, 0) is 29.5 Å². The van der Waals surface area contributed by atoms with Gasteiger partial charge in [0, 0.05) is 6.54 Å². The number of hydrogen-bond donors (Lipinski definition) is 1. The van der Waals surface area contributed by atoms with Crippen LogP contribution in [-0.2, 0) is 4.79 Å². The second kappa shape index (κ2) is 6.06. The first kappa shape index (κ1) is 15.8. The van der Waals surface area contributed by atoms with Gasteiger partial charge in [-0.15, -0.1) is 0 Å². The average Bonchev–Trinajstić information content (AvgIpc) is 2.74.